The molecule has 2 aliphatic rings. The van der Waals surface area contributed by atoms with Crippen molar-refractivity contribution in [3.63, 3.8) is 0 Å². The molecule has 0 radical (unpaired) electrons. The molecule has 21 heavy (non-hydrogen) atoms. The summed E-state index contributed by atoms with van der Waals surface area (Å²) in [5, 5.41) is 12.1. The van der Waals surface area contributed by atoms with Gasteiger partial charge in [0.2, 0.25) is 0 Å². The summed E-state index contributed by atoms with van der Waals surface area (Å²) in [5.74, 6) is -0.0272. The van der Waals surface area contributed by atoms with E-state index in [4.69, 9.17) is 10.9 Å². The van der Waals surface area contributed by atoms with Gasteiger partial charge in [0.25, 0.3) is 10.2 Å². The maximum Gasteiger partial charge on any atom is 0.280 e. The largest absolute Gasteiger partial charge is 0.409 e. The molecule has 1 aliphatic heterocycles. The van der Waals surface area contributed by atoms with E-state index in [0.717, 1.165) is 44.9 Å². The van der Waals surface area contributed by atoms with Crippen molar-refractivity contribution in [2.24, 2.45) is 10.9 Å². The van der Waals surface area contributed by atoms with Gasteiger partial charge in [0, 0.05) is 13.1 Å². The molecule has 0 unspecified atom stereocenters. The molecule has 0 aromatic carbocycles. The molecular weight excluding hydrogens is 292 g/mol. The van der Waals surface area contributed by atoms with E-state index in [1.165, 1.54) is 4.31 Å². The molecule has 1 saturated heterocycles. The van der Waals surface area contributed by atoms with Crippen LogP contribution in [0.25, 0.3) is 0 Å². The summed E-state index contributed by atoms with van der Waals surface area (Å²) in [7, 11) is -3.61. The van der Waals surface area contributed by atoms with Gasteiger partial charge in [0.05, 0.1) is 5.54 Å². The molecular formula is C13H26N4O3S. The monoisotopic (exact) mass is 318 g/mol. The van der Waals surface area contributed by atoms with Gasteiger partial charge in [-0.2, -0.15) is 17.4 Å². The minimum absolute atomic E-state index is 0.0272. The lowest BCUT2D eigenvalue weighted by Crippen LogP contribution is -2.61. The lowest BCUT2D eigenvalue weighted by Gasteiger charge is -2.37. The molecule has 122 valence electrons. The number of hydrogen-bond acceptors (Lipinski definition) is 4. The van der Waals surface area contributed by atoms with Crippen LogP contribution in [-0.2, 0) is 10.2 Å². The number of nitrogens with zero attached hydrogens (tertiary/aromatic N) is 2. The Hall–Kier alpha value is -0.860. The lowest BCUT2D eigenvalue weighted by molar-refractivity contribution is 0.290. The standard InChI is InChI=1S/C13H26N4O3S/c14-12(15-18)13(8-4-3-5-9-13)16-21(19,20)17-10-6-1-2-7-11-17/h16,18H,1-11H2,(H2,14,15). The van der Waals surface area contributed by atoms with Crippen molar-refractivity contribution in [2.75, 3.05) is 13.1 Å². The van der Waals surface area contributed by atoms with E-state index in [9.17, 15) is 8.42 Å². The highest BCUT2D eigenvalue weighted by molar-refractivity contribution is 7.87. The van der Waals surface area contributed by atoms with Crippen LogP contribution < -0.4 is 10.5 Å². The second-order valence-electron chi connectivity index (χ2n) is 6.05. The molecule has 0 aromatic heterocycles. The fourth-order valence-corrected chi connectivity index (χ4v) is 4.93. The summed E-state index contributed by atoms with van der Waals surface area (Å²) < 4.78 is 29.5. The van der Waals surface area contributed by atoms with Gasteiger partial charge in [-0.25, -0.2) is 0 Å². The number of rotatable bonds is 4. The fraction of sp³-hybridized carbons (Fsp3) is 0.923. The Morgan fingerprint density at radius 3 is 2.10 bits per heavy atom. The number of nitrogens with two attached hydrogens (primary N) is 1. The summed E-state index contributed by atoms with van der Waals surface area (Å²) in [5.41, 5.74) is 4.87. The van der Waals surface area contributed by atoms with Crippen molar-refractivity contribution >= 4 is 16.0 Å². The van der Waals surface area contributed by atoms with Gasteiger partial charge in [-0.05, 0) is 25.7 Å². The third-order valence-electron chi connectivity index (χ3n) is 4.53. The van der Waals surface area contributed by atoms with Gasteiger partial charge in [0.1, 0.15) is 0 Å². The van der Waals surface area contributed by atoms with Crippen LogP contribution >= 0.6 is 0 Å². The summed E-state index contributed by atoms with van der Waals surface area (Å²) >= 11 is 0. The smallest absolute Gasteiger partial charge is 0.280 e. The first-order valence-corrected chi connectivity index (χ1v) is 9.21. The maximum atomic E-state index is 12.7. The van der Waals surface area contributed by atoms with Crippen LogP contribution in [0, 0.1) is 0 Å². The second kappa shape index (κ2) is 6.93. The van der Waals surface area contributed by atoms with Gasteiger partial charge >= 0.3 is 0 Å². The molecule has 1 heterocycles. The summed E-state index contributed by atoms with van der Waals surface area (Å²) in [6.07, 6.45) is 7.86. The van der Waals surface area contributed by atoms with E-state index in [1.54, 1.807) is 0 Å². The van der Waals surface area contributed by atoms with Gasteiger partial charge in [0.15, 0.2) is 5.84 Å². The highest BCUT2D eigenvalue weighted by atomic mass is 32.2. The van der Waals surface area contributed by atoms with Crippen LogP contribution in [-0.4, -0.2) is 42.4 Å². The molecule has 2 fully saturated rings. The van der Waals surface area contributed by atoms with Gasteiger partial charge in [-0.3, -0.25) is 0 Å². The first-order valence-electron chi connectivity index (χ1n) is 7.77. The summed E-state index contributed by atoms with van der Waals surface area (Å²) in [6.45, 7) is 1.09. The van der Waals surface area contributed by atoms with E-state index in [1.807, 2.05) is 0 Å². The van der Waals surface area contributed by atoms with Crippen molar-refractivity contribution in [2.45, 2.75) is 63.3 Å². The van der Waals surface area contributed by atoms with Gasteiger partial charge < -0.3 is 10.9 Å². The zero-order valence-corrected chi connectivity index (χ0v) is 13.2. The van der Waals surface area contributed by atoms with E-state index < -0.39 is 15.7 Å². The number of oxime groups is 1. The normalized spacial score (nSPS) is 25.4. The molecule has 0 bridgehead atoms. The van der Waals surface area contributed by atoms with E-state index >= 15 is 0 Å². The van der Waals surface area contributed by atoms with Crippen LogP contribution in [0.1, 0.15) is 57.8 Å². The molecule has 2 rings (SSSR count). The second-order valence-corrected chi connectivity index (χ2v) is 7.72. The van der Waals surface area contributed by atoms with Crippen LogP contribution in [0.3, 0.4) is 0 Å². The molecule has 8 heteroatoms. The fourth-order valence-electron chi connectivity index (χ4n) is 3.25. The van der Waals surface area contributed by atoms with Crippen LogP contribution in [0.15, 0.2) is 5.16 Å². The Morgan fingerprint density at radius 1 is 1.05 bits per heavy atom. The SMILES string of the molecule is N/C(=N/O)C1(NS(=O)(=O)N2CCCCCC2)CCCCC1. The van der Waals surface area contributed by atoms with E-state index in [-0.39, 0.29) is 5.84 Å². The minimum Gasteiger partial charge on any atom is -0.409 e. The number of nitrogens with one attached hydrogen (secondary N) is 1. The minimum atomic E-state index is -3.61. The molecule has 0 atom stereocenters. The zero-order valence-electron chi connectivity index (χ0n) is 12.4. The highest BCUT2D eigenvalue weighted by Crippen LogP contribution is 2.30. The molecule has 0 aromatic rings. The quantitative estimate of drug-likeness (QED) is 0.313. The average molecular weight is 318 g/mol. The number of hydrogen-bond donors (Lipinski definition) is 3. The molecule has 0 spiro atoms. The highest BCUT2D eigenvalue weighted by Gasteiger charge is 2.41. The van der Waals surface area contributed by atoms with Crippen molar-refractivity contribution in [3.8, 4) is 0 Å². The summed E-state index contributed by atoms with van der Waals surface area (Å²) in [6, 6.07) is 0. The van der Waals surface area contributed by atoms with E-state index in [0.29, 0.717) is 25.9 Å². The molecule has 7 nitrogen and oxygen atoms in total. The average Bonchev–Trinajstić information content (AvgIpc) is 2.76. The lowest BCUT2D eigenvalue weighted by atomic mass is 9.82. The molecule has 0 amide bonds. The van der Waals surface area contributed by atoms with Gasteiger partial charge in [-0.1, -0.05) is 37.3 Å². The first kappa shape index (κ1) is 16.5. The predicted octanol–water partition coefficient (Wildman–Crippen LogP) is 1.15. The van der Waals surface area contributed by atoms with Crippen LogP contribution in [0.5, 0.6) is 0 Å². The summed E-state index contributed by atoms with van der Waals surface area (Å²) in [4.78, 5) is 0. The van der Waals surface area contributed by atoms with Gasteiger partial charge in [-0.15, -0.1) is 0 Å². The Bertz CT molecular complexity index is 464. The Labute approximate surface area is 126 Å². The van der Waals surface area contributed by atoms with Crippen LogP contribution in [0.4, 0.5) is 0 Å². The maximum absolute atomic E-state index is 12.7. The topological polar surface area (TPSA) is 108 Å². The zero-order chi connectivity index (χ0) is 15.3. The van der Waals surface area contributed by atoms with Crippen molar-refractivity contribution in [1.29, 1.82) is 0 Å². The van der Waals surface area contributed by atoms with Crippen molar-refractivity contribution < 1.29 is 13.6 Å². The molecule has 1 aliphatic carbocycles. The molecule has 1 saturated carbocycles. The first-order chi connectivity index (χ1) is 10.0. The Morgan fingerprint density at radius 2 is 1.57 bits per heavy atom. The van der Waals surface area contributed by atoms with E-state index in [2.05, 4.69) is 9.88 Å². The third kappa shape index (κ3) is 3.87. The van der Waals surface area contributed by atoms with Crippen molar-refractivity contribution in [1.82, 2.24) is 9.03 Å². The van der Waals surface area contributed by atoms with Crippen LogP contribution in [0.2, 0.25) is 0 Å². The third-order valence-corrected chi connectivity index (χ3v) is 6.23. The Balaban J connectivity index is 2.18. The van der Waals surface area contributed by atoms with Crippen molar-refractivity contribution in [3.05, 3.63) is 0 Å². The Kier molecular flexibility index (Phi) is 5.45. The number of amidine groups is 1. The molecule has 4 N–H and O–H groups in total. The predicted molar refractivity (Wildman–Crippen MR) is 81.3 cm³/mol.